The molecule has 0 unspecified atom stereocenters. The molecule has 0 saturated carbocycles. The van der Waals surface area contributed by atoms with Gasteiger partial charge in [0.25, 0.3) is 5.16 Å². The zero-order valence-electron chi connectivity index (χ0n) is 20.6. The van der Waals surface area contributed by atoms with Crippen molar-refractivity contribution in [1.82, 2.24) is 14.8 Å². The molecule has 36 heavy (non-hydrogen) atoms. The topological polar surface area (TPSA) is 122 Å². The molecule has 0 aliphatic carbocycles. The Morgan fingerprint density at radius 1 is 0.806 bits per heavy atom. The monoisotopic (exact) mass is 741 g/mol. The number of unbranched alkanes of at least 4 members (excludes halogenated alkanes) is 10. The smallest absolute Gasteiger partial charge is 0.744 e. The van der Waals surface area contributed by atoms with Crippen LogP contribution >= 0.6 is 47.8 Å². The van der Waals surface area contributed by atoms with Gasteiger partial charge < -0.3 is 4.55 Å². The van der Waals surface area contributed by atoms with Crippen molar-refractivity contribution < 1.29 is 50.9 Å². The molecule has 0 amide bonds. The van der Waals surface area contributed by atoms with Crippen molar-refractivity contribution in [1.29, 1.82) is 0 Å². The average molecular weight is 744 g/mol. The summed E-state index contributed by atoms with van der Waals surface area (Å²) in [7, 11) is -8.69. The standard InChI is InChI=1S/C22H32Br3N3O5S2.Na/c1-2-3-4-5-6-7-8-9-10-11-12-13-20-26-27-21(34(29,30)22(23,24)25)28(20)18-14-16-19(17-15-18)35(31,32)33;/h14-17H,2-13H2,1H3,(H,31,32,33);/q;+1/p-1. The number of aromatic nitrogens is 3. The molecule has 198 valence electrons. The Labute approximate surface area is 262 Å². The van der Waals surface area contributed by atoms with Crippen LogP contribution in [0.5, 0.6) is 0 Å². The molecule has 1 aromatic carbocycles. The SMILES string of the molecule is CCCCCCCCCCCCCc1nnc(S(=O)(=O)C(Br)(Br)Br)n1-c1ccc(S(=O)(=O)[O-])cc1.[Na+]. The predicted molar refractivity (Wildman–Crippen MR) is 146 cm³/mol. The van der Waals surface area contributed by atoms with Crippen LogP contribution in [0, 0.1) is 0 Å². The fraction of sp³-hybridized carbons (Fsp3) is 0.636. The fourth-order valence-corrected chi connectivity index (χ4v) is 6.29. The van der Waals surface area contributed by atoms with Crippen LogP contribution in [0.3, 0.4) is 0 Å². The Morgan fingerprint density at radius 3 is 1.72 bits per heavy atom. The quantitative estimate of drug-likeness (QED) is 0.118. The van der Waals surface area contributed by atoms with Gasteiger partial charge in [-0.2, -0.15) is 0 Å². The van der Waals surface area contributed by atoms with Crippen molar-refractivity contribution in [2.24, 2.45) is 0 Å². The van der Waals surface area contributed by atoms with Gasteiger partial charge in [-0.3, -0.25) is 4.57 Å². The minimum absolute atomic E-state index is 0. The number of benzene rings is 1. The summed E-state index contributed by atoms with van der Waals surface area (Å²) in [6.45, 7) is 2.22. The first-order valence-electron chi connectivity index (χ1n) is 11.7. The molecule has 2 aromatic rings. The van der Waals surface area contributed by atoms with Gasteiger partial charge in [-0.15, -0.1) is 10.2 Å². The summed E-state index contributed by atoms with van der Waals surface area (Å²) in [5, 5.41) is 7.72. The van der Waals surface area contributed by atoms with E-state index in [9.17, 15) is 21.4 Å². The maximum absolute atomic E-state index is 13.0. The minimum Gasteiger partial charge on any atom is -0.744 e. The van der Waals surface area contributed by atoms with Crippen LogP contribution in [0.1, 0.15) is 83.4 Å². The third-order valence-electron chi connectivity index (χ3n) is 5.63. The number of rotatable bonds is 15. The zero-order valence-corrected chi connectivity index (χ0v) is 29.0. The molecule has 0 radical (unpaired) electrons. The van der Waals surface area contributed by atoms with Gasteiger partial charge in [0.05, 0.1) is 4.90 Å². The van der Waals surface area contributed by atoms with Crippen molar-refractivity contribution in [3.05, 3.63) is 30.1 Å². The van der Waals surface area contributed by atoms with Gasteiger partial charge in [-0.1, -0.05) is 71.1 Å². The number of hydrogen-bond donors (Lipinski definition) is 0. The average Bonchev–Trinajstić information content (AvgIpc) is 3.21. The van der Waals surface area contributed by atoms with E-state index in [1.54, 1.807) is 0 Å². The van der Waals surface area contributed by atoms with Gasteiger partial charge in [0.1, 0.15) is 15.9 Å². The van der Waals surface area contributed by atoms with E-state index in [1.165, 1.54) is 68.1 Å². The van der Waals surface area contributed by atoms with Crippen molar-refractivity contribution in [3.63, 3.8) is 0 Å². The Bertz CT molecular complexity index is 1150. The van der Waals surface area contributed by atoms with Crippen LogP contribution in [-0.2, 0) is 26.4 Å². The fourth-order valence-electron chi connectivity index (χ4n) is 3.71. The van der Waals surface area contributed by atoms with Crippen molar-refractivity contribution >= 4 is 67.7 Å². The summed E-state index contributed by atoms with van der Waals surface area (Å²) < 4.78 is 59.6. The molecular weight excluding hydrogens is 713 g/mol. The second kappa shape index (κ2) is 16.1. The summed E-state index contributed by atoms with van der Waals surface area (Å²) in [4.78, 5) is -0.401. The molecule has 0 aliphatic rings. The summed E-state index contributed by atoms with van der Waals surface area (Å²) >= 11 is 9.14. The van der Waals surface area contributed by atoms with Crippen LogP contribution < -0.4 is 29.6 Å². The molecule has 0 saturated heterocycles. The van der Waals surface area contributed by atoms with Gasteiger partial charge in [0.2, 0.25) is 11.3 Å². The largest absolute Gasteiger partial charge is 1.00 e. The van der Waals surface area contributed by atoms with E-state index in [-0.39, 0.29) is 34.7 Å². The van der Waals surface area contributed by atoms with E-state index in [0.29, 0.717) is 17.9 Å². The molecule has 0 spiro atoms. The number of alkyl halides is 3. The second-order valence-corrected chi connectivity index (χ2v) is 20.1. The summed E-state index contributed by atoms with van der Waals surface area (Å²) in [5.41, 5.74) is 0.343. The molecule has 0 N–H and O–H groups in total. The van der Waals surface area contributed by atoms with E-state index in [4.69, 9.17) is 0 Å². The normalized spacial score (nSPS) is 12.5. The maximum atomic E-state index is 13.0. The number of hydrogen-bond acceptors (Lipinski definition) is 7. The van der Waals surface area contributed by atoms with E-state index in [2.05, 4.69) is 64.9 Å². The first-order chi connectivity index (χ1) is 16.4. The molecule has 1 heterocycles. The molecular formula is C22H31Br3N3NaO5S2. The van der Waals surface area contributed by atoms with Gasteiger partial charge >= 0.3 is 29.6 Å². The van der Waals surface area contributed by atoms with Crippen molar-refractivity contribution in [3.8, 4) is 5.69 Å². The molecule has 2 rings (SSSR count). The number of aryl methyl sites for hydroxylation is 1. The van der Waals surface area contributed by atoms with E-state index in [1.807, 2.05) is 0 Å². The Balaban J connectivity index is 0.00000648. The minimum atomic E-state index is -4.63. The van der Waals surface area contributed by atoms with E-state index >= 15 is 0 Å². The second-order valence-electron chi connectivity index (χ2n) is 8.42. The summed E-state index contributed by atoms with van der Waals surface area (Å²) in [5.74, 6) is 0.439. The zero-order chi connectivity index (χ0) is 26.1. The summed E-state index contributed by atoms with van der Waals surface area (Å²) in [6.07, 6.45) is 13.6. The van der Waals surface area contributed by atoms with Crippen molar-refractivity contribution in [2.45, 2.75) is 95.5 Å². The van der Waals surface area contributed by atoms with Gasteiger partial charge in [-0.05, 0) is 78.5 Å². The van der Waals surface area contributed by atoms with Crippen LogP contribution in [0.4, 0.5) is 0 Å². The number of sulfone groups is 1. The Kier molecular flexibility index (Phi) is 15.5. The number of nitrogens with zero attached hydrogens (tertiary/aromatic N) is 3. The first-order valence-corrected chi connectivity index (χ1v) is 17.0. The van der Waals surface area contributed by atoms with Crippen LogP contribution in [-0.4, -0.2) is 37.6 Å². The third-order valence-corrected chi connectivity index (χ3v) is 11.7. The molecule has 0 bridgehead atoms. The third kappa shape index (κ3) is 10.3. The van der Waals surface area contributed by atoms with Crippen LogP contribution in [0.15, 0.2) is 34.3 Å². The van der Waals surface area contributed by atoms with Crippen LogP contribution in [0.25, 0.3) is 5.69 Å². The van der Waals surface area contributed by atoms with Crippen LogP contribution in [0.2, 0.25) is 0 Å². The van der Waals surface area contributed by atoms with E-state index < -0.39 is 26.3 Å². The Morgan fingerprint density at radius 2 is 1.28 bits per heavy atom. The molecule has 0 fully saturated rings. The van der Waals surface area contributed by atoms with Gasteiger partial charge in [0, 0.05) is 12.1 Å². The molecule has 0 atom stereocenters. The molecule has 1 aromatic heterocycles. The number of halogens is 3. The first kappa shape index (κ1) is 34.7. The molecule has 14 heteroatoms. The Hall–Kier alpha value is 0.660. The summed E-state index contributed by atoms with van der Waals surface area (Å²) in [6, 6.07) is 5.03. The molecule has 0 aliphatic heterocycles. The molecule has 8 nitrogen and oxygen atoms in total. The predicted octanol–water partition coefficient (Wildman–Crippen LogP) is 3.60. The van der Waals surface area contributed by atoms with Gasteiger partial charge in [0.15, 0.2) is 0 Å². The van der Waals surface area contributed by atoms with Crippen molar-refractivity contribution in [2.75, 3.05) is 0 Å². The van der Waals surface area contributed by atoms with Gasteiger partial charge in [-0.25, -0.2) is 16.8 Å². The maximum Gasteiger partial charge on any atom is 1.00 e. The van der Waals surface area contributed by atoms with E-state index in [0.717, 1.165) is 31.4 Å².